The number of para-hydroxylation sites is 1. The summed E-state index contributed by atoms with van der Waals surface area (Å²) in [6.45, 7) is 0. The smallest absolute Gasteiger partial charge is 0.235 e. The molecule has 0 spiro atoms. The highest BCUT2D eigenvalue weighted by atomic mass is 15.1. The van der Waals surface area contributed by atoms with E-state index in [1.54, 1.807) is 12.4 Å². The number of hydrogen-bond donors (Lipinski definition) is 0. The molecule has 0 radical (unpaired) electrons. The number of benzene rings is 1. The van der Waals surface area contributed by atoms with Gasteiger partial charge in [-0.2, -0.15) is 0 Å². The van der Waals surface area contributed by atoms with Crippen LogP contribution in [-0.4, -0.2) is 14.5 Å². The quantitative estimate of drug-likeness (QED) is 0.626. The molecule has 0 atom stereocenters. The summed E-state index contributed by atoms with van der Waals surface area (Å²) in [5.74, 6) is 8.10. The van der Waals surface area contributed by atoms with Crippen LogP contribution in [0.25, 0.3) is 16.9 Å². The van der Waals surface area contributed by atoms with E-state index in [1.807, 2.05) is 12.1 Å². The van der Waals surface area contributed by atoms with Crippen LogP contribution in [0.5, 0.6) is 0 Å². The standard InChI is InChI=1S/C20H19N3/c1-2-7-16(8-3-1)11-12-18-15-17-9-4-5-10-19(17)23(18)20-21-13-6-14-22-20/h4-6,9-10,13-16H,1-3,7-8H2. The molecule has 3 heteroatoms. The van der Waals surface area contributed by atoms with E-state index < -0.39 is 0 Å². The largest absolute Gasteiger partial charge is 0.271 e. The summed E-state index contributed by atoms with van der Waals surface area (Å²) >= 11 is 0. The SMILES string of the molecule is C(#CC1CCCCC1)c1cc2ccccc2n1-c1ncccn1. The third kappa shape index (κ3) is 2.85. The molecule has 4 rings (SSSR count). The van der Waals surface area contributed by atoms with E-state index >= 15 is 0 Å². The average molecular weight is 301 g/mol. The van der Waals surface area contributed by atoms with E-state index in [0.717, 1.165) is 11.2 Å². The molecule has 0 N–H and O–H groups in total. The van der Waals surface area contributed by atoms with Crippen LogP contribution in [0.15, 0.2) is 48.8 Å². The highest BCUT2D eigenvalue weighted by molar-refractivity contribution is 5.83. The summed E-state index contributed by atoms with van der Waals surface area (Å²) in [5, 5.41) is 1.17. The lowest BCUT2D eigenvalue weighted by Gasteiger charge is -2.15. The van der Waals surface area contributed by atoms with Gasteiger partial charge in [-0.1, -0.05) is 43.4 Å². The first-order valence-corrected chi connectivity index (χ1v) is 8.31. The Bertz CT molecular complexity index is 862. The van der Waals surface area contributed by atoms with Crippen molar-refractivity contribution in [2.75, 3.05) is 0 Å². The summed E-state index contributed by atoms with van der Waals surface area (Å²) in [6, 6.07) is 12.3. The van der Waals surface area contributed by atoms with Crippen LogP contribution in [0.1, 0.15) is 37.8 Å². The predicted octanol–water partition coefficient (Wildman–Crippen LogP) is 4.35. The second kappa shape index (κ2) is 6.26. The fraction of sp³-hybridized carbons (Fsp3) is 0.300. The first-order chi connectivity index (χ1) is 11.4. The Labute approximate surface area is 136 Å². The van der Waals surface area contributed by atoms with Gasteiger partial charge in [-0.15, -0.1) is 0 Å². The maximum atomic E-state index is 4.41. The third-order valence-electron chi connectivity index (χ3n) is 4.47. The first-order valence-electron chi connectivity index (χ1n) is 8.31. The molecule has 1 aliphatic rings. The molecule has 3 nitrogen and oxygen atoms in total. The number of rotatable bonds is 1. The molecule has 23 heavy (non-hydrogen) atoms. The monoisotopic (exact) mass is 301 g/mol. The lowest BCUT2D eigenvalue weighted by Crippen LogP contribution is -2.04. The zero-order valence-corrected chi connectivity index (χ0v) is 13.1. The predicted molar refractivity (Wildman–Crippen MR) is 92.3 cm³/mol. The molecule has 3 aromatic rings. The van der Waals surface area contributed by atoms with E-state index in [1.165, 1.54) is 37.5 Å². The Kier molecular flexibility index (Phi) is 3.81. The summed E-state index contributed by atoms with van der Waals surface area (Å²) in [6.07, 6.45) is 9.99. The first kappa shape index (κ1) is 14.0. The van der Waals surface area contributed by atoms with E-state index in [-0.39, 0.29) is 0 Å². The normalized spacial score (nSPS) is 15.3. The van der Waals surface area contributed by atoms with Gasteiger partial charge in [0.05, 0.1) is 5.52 Å². The van der Waals surface area contributed by atoms with Gasteiger partial charge in [-0.25, -0.2) is 9.97 Å². The molecule has 1 aliphatic carbocycles. The van der Waals surface area contributed by atoms with Crippen molar-refractivity contribution in [3.05, 3.63) is 54.5 Å². The van der Waals surface area contributed by atoms with Crippen LogP contribution < -0.4 is 0 Å². The molecule has 0 saturated heterocycles. The Morgan fingerprint density at radius 2 is 1.74 bits per heavy atom. The summed E-state index contributed by atoms with van der Waals surface area (Å²) < 4.78 is 2.06. The van der Waals surface area contributed by atoms with Crippen molar-refractivity contribution in [3.63, 3.8) is 0 Å². The average Bonchev–Trinajstić information content (AvgIpc) is 3.00. The molecule has 1 saturated carbocycles. The van der Waals surface area contributed by atoms with Crippen molar-refractivity contribution in [3.8, 4) is 17.8 Å². The zero-order valence-electron chi connectivity index (χ0n) is 13.1. The molecule has 0 amide bonds. The Hall–Kier alpha value is -2.60. The molecule has 2 heterocycles. The van der Waals surface area contributed by atoms with Crippen LogP contribution in [0.4, 0.5) is 0 Å². The van der Waals surface area contributed by atoms with Crippen LogP contribution in [0.2, 0.25) is 0 Å². The summed E-state index contributed by atoms with van der Waals surface area (Å²) in [7, 11) is 0. The van der Waals surface area contributed by atoms with Crippen molar-refractivity contribution in [2.24, 2.45) is 5.92 Å². The second-order valence-electron chi connectivity index (χ2n) is 6.08. The highest BCUT2D eigenvalue weighted by Gasteiger charge is 2.12. The Balaban J connectivity index is 1.81. The molecule has 0 aliphatic heterocycles. The van der Waals surface area contributed by atoms with Gasteiger partial charge >= 0.3 is 0 Å². The van der Waals surface area contributed by atoms with Crippen molar-refractivity contribution in [1.82, 2.24) is 14.5 Å². The van der Waals surface area contributed by atoms with Gasteiger partial charge in [-0.05, 0) is 37.0 Å². The van der Waals surface area contributed by atoms with Gasteiger partial charge in [0.2, 0.25) is 5.95 Å². The van der Waals surface area contributed by atoms with Crippen LogP contribution in [0.3, 0.4) is 0 Å². The Morgan fingerprint density at radius 1 is 0.957 bits per heavy atom. The van der Waals surface area contributed by atoms with Gasteiger partial charge in [0.25, 0.3) is 0 Å². The Morgan fingerprint density at radius 3 is 2.57 bits per heavy atom. The number of nitrogens with zero attached hydrogens (tertiary/aromatic N) is 3. The van der Waals surface area contributed by atoms with E-state index in [4.69, 9.17) is 0 Å². The van der Waals surface area contributed by atoms with Crippen LogP contribution in [-0.2, 0) is 0 Å². The molecule has 0 bridgehead atoms. The van der Waals surface area contributed by atoms with Crippen LogP contribution >= 0.6 is 0 Å². The highest BCUT2D eigenvalue weighted by Crippen LogP contribution is 2.24. The zero-order chi connectivity index (χ0) is 15.5. The van der Waals surface area contributed by atoms with Gasteiger partial charge in [0.1, 0.15) is 5.69 Å². The topological polar surface area (TPSA) is 30.7 Å². The third-order valence-corrected chi connectivity index (χ3v) is 4.47. The molecule has 1 aromatic carbocycles. The van der Waals surface area contributed by atoms with Crippen molar-refractivity contribution < 1.29 is 0 Å². The van der Waals surface area contributed by atoms with Crippen molar-refractivity contribution in [1.29, 1.82) is 0 Å². The fourth-order valence-corrected chi connectivity index (χ4v) is 3.29. The van der Waals surface area contributed by atoms with Crippen molar-refractivity contribution >= 4 is 10.9 Å². The number of aromatic nitrogens is 3. The second-order valence-corrected chi connectivity index (χ2v) is 6.08. The summed E-state index contributed by atoms with van der Waals surface area (Å²) in [4.78, 5) is 8.82. The van der Waals surface area contributed by atoms with Gasteiger partial charge < -0.3 is 0 Å². The molecule has 1 fully saturated rings. The fourth-order valence-electron chi connectivity index (χ4n) is 3.29. The summed E-state index contributed by atoms with van der Waals surface area (Å²) in [5.41, 5.74) is 2.08. The molecule has 114 valence electrons. The van der Waals surface area contributed by atoms with E-state index in [9.17, 15) is 0 Å². The van der Waals surface area contributed by atoms with Crippen molar-refractivity contribution in [2.45, 2.75) is 32.1 Å². The number of hydrogen-bond acceptors (Lipinski definition) is 2. The lowest BCUT2D eigenvalue weighted by atomic mass is 9.90. The number of fused-ring (bicyclic) bond motifs is 1. The minimum Gasteiger partial charge on any atom is -0.271 e. The minimum atomic E-state index is 0.534. The molecular weight excluding hydrogens is 282 g/mol. The van der Waals surface area contributed by atoms with E-state index in [2.05, 4.69) is 50.6 Å². The maximum absolute atomic E-state index is 4.41. The van der Waals surface area contributed by atoms with Crippen LogP contribution in [0, 0.1) is 17.8 Å². The van der Waals surface area contributed by atoms with E-state index in [0.29, 0.717) is 11.9 Å². The molecule has 0 unspecified atom stereocenters. The van der Waals surface area contributed by atoms with Gasteiger partial charge in [0.15, 0.2) is 0 Å². The van der Waals surface area contributed by atoms with Gasteiger partial charge in [0, 0.05) is 23.7 Å². The molecule has 2 aromatic heterocycles. The van der Waals surface area contributed by atoms with Gasteiger partial charge in [-0.3, -0.25) is 4.57 Å². The maximum Gasteiger partial charge on any atom is 0.235 e. The minimum absolute atomic E-state index is 0.534. The lowest BCUT2D eigenvalue weighted by molar-refractivity contribution is 0.430. The molecular formula is C20H19N3.